The Morgan fingerprint density at radius 1 is 1.07 bits per heavy atom. The van der Waals surface area contributed by atoms with Crippen molar-refractivity contribution in [3.05, 3.63) is 93.2 Å². The number of nitrogens with zero attached hydrogens (tertiary/aromatic N) is 1. The molecular formula is C24H23NO4. The Bertz CT molecular complexity index is 1000. The highest BCUT2D eigenvalue weighted by Gasteiger charge is 2.45. The molecule has 0 spiro atoms. The standard InChI is InChI=1S/C24H23NO4/c1-24(2)14-20(26)22-19(13-8-16-6-4-3-5-7-16)23(29-21(22)15-24)17-9-11-18(12-10-17)25(27)28/h3-13,19,23H,14-15H2,1-2H3/b13-8+/t19-,23+/m0/s1. The molecule has 0 saturated heterocycles. The number of benzene rings is 2. The number of ketones is 1. The van der Waals surface area contributed by atoms with Crippen LogP contribution in [-0.2, 0) is 9.53 Å². The van der Waals surface area contributed by atoms with E-state index < -0.39 is 4.92 Å². The topological polar surface area (TPSA) is 69.4 Å². The maximum absolute atomic E-state index is 13.0. The summed E-state index contributed by atoms with van der Waals surface area (Å²) in [6, 6.07) is 16.3. The number of nitro groups is 1. The molecule has 0 N–H and O–H groups in total. The minimum Gasteiger partial charge on any atom is -0.489 e. The number of non-ortho nitro benzene ring substituents is 1. The Morgan fingerprint density at radius 3 is 2.41 bits per heavy atom. The zero-order chi connectivity index (χ0) is 20.6. The third-order valence-corrected chi connectivity index (χ3v) is 5.54. The summed E-state index contributed by atoms with van der Waals surface area (Å²) in [5, 5.41) is 11.0. The lowest BCUT2D eigenvalue weighted by Crippen LogP contribution is -2.26. The molecular weight excluding hydrogens is 366 g/mol. The Kier molecular flexibility index (Phi) is 4.82. The van der Waals surface area contributed by atoms with E-state index in [0.717, 1.165) is 22.5 Å². The number of hydrogen-bond acceptors (Lipinski definition) is 4. The van der Waals surface area contributed by atoms with Crippen LogP contribution < -0.4 is 0 Å². The van der Waals surface area contributed by atoms with Crippen LogP contribution in [0.25, 0.3) is 6.08 Å². The van der Waals surface area contributed by atoms with Gasteiger partial charge in [-0.25, -0.2) is 0 Å². The van der Waals surface area contributed by atoms with Crippen molar-refractivity contribution in [2.24, 2.45) is 11.3 Å². The van der Waals surface area contributed by atoms with Crippen molar-refractivity contribution in [1.29, 1.82) is 0 Å². The van der Waals surface area contributed by atoms with Gasteiger partial charge in [0.2, 0.25) is 0 Å². The second-order valence-corrected chi connectivity index (χ2v) is 8.46. The lowest BCUT2D eigenvalue weighted by Gasteiger charge is -2.28. The van der Waals surface area contributed by atoms with Gasteiger partial charge in [0, 0.05) is 30.5 Å². The molecule has 1 heterocycles. The van der Waals surface area contributed by atoms with Gasteiger partial charge in [0.15, 0.2) is 5.78 Å². The van der Waals surface area contributed by atoms with Crippen LogP contribution in [0.2, 0.25) is 0 Å². The Morgan fingerprint density at radius 2 is 1.76 bits per heavy atom. The lowest BCUT2D eigenvalue weighted by molar-refractivity contribution is -0.384. The summed E-state index contributed by atoms with van der Waals surface area (Å²) in [5.41, 5.74) is 2.54. The highest BCUT2D eigenvalue weighted by Crippen LogP contribution is 2.50. The molecule has 1 aliphatic carbocycles. The molecule has 2 aliphatic rings. The van der Waals surface area contributed by atoms with E-state index in [0.29, 0.717) is 12.8 Å². The average molecular weight is 389 g/mol. The van der Waals surface area contributed by atoms with Crippen molar-refractivity contribution >= 4 is 17.5 Å². The smallest absolute Gasteiger partial charge is 0.269 e. The third-order valence-electron chi connectivity index (χ3n) is 5.54. The molecule has 4 rings (SSSR count). The van der Waals surface area contributed by atoms with Crippen molar-refractivity contribution in [3.63, 3.8) is 0 Å². The predicted octanol–water partition coefficient (Wildman–Crippen LogP) is 5.64. The Balaban J connectivity index is 1.71. The normalized spacial score (nSPS) is 23.2. The van der Waals surface area contributed by atoms with Crippen molar-refractivity contribution < 1.29 is 14.5 Å². The van der Waals surface area contributed by atoms with Crippen LogP contribution in [0.1, 0.15) is 43.9 Å². The van der Waals surface area contributed by atoms with E-state index in [1.54, 1.807) is 12.1 Å². The number of rotatable bonds is 4. The quantitative estimate of drug-likeness (QED) is 0.501. The number of Topliss-reactive ketones (excluding diaryl/α,β-unsaturated/α-hetero) is 1. The monoisotopic (exact) mass is 389 g/mol. The molecule has 2 aromatic rings. The van der Waals surface area contributed by atoms with Crippen molar-refractivity contribution in [2.75, 3.05) is 0 Å². The molecule has 5 nitrogen and oxygen atoms in total. The first-order valence-corrected chi connectivity index (χ1v) is 9.74. The molecule has 0 bridgehead atoms. The molecule has 29 heavy (non-hydrogen) atoms. The minimum absolute atomic E-state index is 0.0399. The molecule has 0 aromatic heterocycles. The van der Waals surface area contributed by atoms with Crippen LogP contribution in [-0.4, -0.2) is 10.7 Å². The highest BCUT2D eigenvalue weighted by atomic mass is 16.6. The molecule has 0 fully saturated rings. The van der Waals surface area contributed by atoms with Crippen LogP contribution >= 0.6 is 0 Å². The summed E-state index contributed by atoms with van der Waals surface area (Å²) in [4.78, 5) is 23.5. The van der Waals surface area contributed by atoms with Gasteiger partial charge in [0.1, 0.15) is 11.9 Å². The first-order valence-electron chi connectivity index (χ1n) is 9.74. The maximum Gasteiger partial charge on any atom is 0.269 e. The second kappa shape index (κ2) is 7.32. The zero-order valence-corrected chi connectivity index (χ0v) is 16.5. The average Bonchev–Trinajstić information content (AvgIpc) is 3.04. The summed E-state index contributed by atoms with van der Waals surface area (Å²) in [6.07, 6.45) is 4.89. The number of hydrogen-bond donors (Lipinski definition) is 0. The summed E-state index contributed by atoms with van der Waals surface area (Å²) in [7, 11) is 0. The van der Waals surface area contributed by atoms with Crippen LogP contribution in [0, 0.1) is 21.4 Å². The van der Waals surface area contributed by atoms with Gasteiger partial charge in [0.05, 0.1) is 10.8 Å². The van der Waals surface area contributed by atoms with E-state index in [1.165, 1.54) is 12.1 Å². The van der Waals surface area contributed by atoms with Gasteiger partial charge >= 0.3 is 0 Å². The first-order chi connectivity index (χ1) is 13.8. The van der Waals surface area contributed by atoms with E-state index in [4.69, 9.17) is 4.74 Å². The molecule has 2 atom stereocenters. The molecule has 2 aromatic carbocycles. The first kappa shape index (κ1) is 19.1. The largest absolute Gasteiger partial charge is 0.489 e. The van der Waals surface area contributed by atoms with Gasteiger partial charge in [-0.2, -0.15) is 0 Å². The number of carbonyl (C=O) groups is 1. The summed E-state index contributed by atoms with van der Waals surface area (Å²) in [5.74, 6) is 0.677. The van der Waals surface area contributed by atoms with Crippen molar-refractivity contribution in [1.82, 2.24) is 0 Å². The minimum atomic E-state index is -0.415. The number of ether oxygens (including phenoxy) is 1. The van der Waals surface area contributed by atoms with E-state index in [1.807, 2.05) is 42.5 Å². The zero-order valence-electron chi connectivity index (χ0n) is 16.5. The van der Waals surface area contributed by atoms with Gasteiger partial charge in [0.25, 0.3) is 5.69 Å². The second-order valence-electron chi connectivity index (χ2n) is 8.46. The van der Waals surface area contributed by atoms with Gasteiger partial charge in [-0.05, 0) is 28.7 Å². The number of allylic oxidation sites excluding steroid dienone is 1. The molecule has 5 heteroatoms. The molecule has 148 valence electrons. The molecule has 1 aliphatic heterocycles. The van der Waals surface area contributed by atoms with Crippen LogP contribution in [0.4, 0.5) is 5.69 Å². The van der Waals surface area contributed by atoms with E-state index in [2.05, 4.69) is 13.8 Å². The van der Waals surface area contributed by atoms with Crippen LogP contribution in [0.5, 0.6) is 0 Å². The van der Waals surface area contributed by atoms with Crippen LogP contribution in [0.15, 0.2) is 72.0 Å². The van der Waals surface area contributed by atoms with E-state index in [9.17, 15) is 14.9 Å². The van der Waals surface area contributed by atoms with Gasteiger partial charge in [-0.15, -0.1) is 0 Å². The van der Waals surface area contributed by atoms with Gasteiger partial charge < -0.3 is 4.74 Å². The molecule has 0 saturated carbocycles. The van der Waals surface area contributed by atoms with E-state index in [-0.39, 0.29) is 28.9 Å². The Hall–Kier alpha value is -3.21. The van der Waals surface area contributed by atoms with Crippen molar-refractivity contribution in [2.45, 2.75) is 32.8 Å². The van der Waals surface area contributed by atoms with Crippen molar-refractivity contribution in [3.8, 4) is 0 Å². The summed E-state index contributed by atoms with van der Waals surface area (Å²) >= 11 is 0. The molecule has 0 unspecified atom stereocenters. The third kappa shape index (κ3) is 3.86. The summed E-state index contributed by atoms with van der Waals surface area (Å²) in [6.45, 7) is 4.15. The molecule has 0 amide bonds. The maximum atomic E-state index is 13.0. The SMILES string of the molecule is CC1(C)CC(=O)C2=C(C1)O[C@H](c1ccc([N+](=O)[O-])cc1)[C@H]2/C=C/c1ccccc1. The van der Waals surface area contributed by atoms with Crippen LogP contribution in [0.3, 0.4) is 0 Å². The highest BCUT2D eigenvalue weighted by molar-refractivity contribution is 5.98. The van der Waals surface area contributed by atoms with Gasteiger partial charge in [-0.1, -0.05) is 56.3 Å². The number of carbonyl (C=O) groups excluding carboxylic acids is 1. The lowest BCUT2D eigenvalue weighted by atomic mass is 9.73. The predicted molar refractivity (Wildman–Crippen MR) is 111 cm³/mol. The molecule has 0 radical (unpaired) electrons. The van der Waals surface area contributed by atoms with E-state index >= 15 is 0 Å². The summed E-state index contributed by atoms with van der Waals surface area (Å²) < 4.78 is 6.30. The fraction of sp³-hybridized carbons (Fsp3) is 0.292. The van der Waals surface area contributed by atoms with Gasteiger partial charge in [-0.3, -0.25) is 14.9 Å². The number of nitro benzene ring substituents is 1. The fourth-order valence-electron chi connectivity index (χ4n) is 4.17. The Labute approximate surface area is 169 Å². The fourth-order valence-corrected chi connectivity index (χ4v) is 4.17.